The molecule has 2 atom stereocenters. The van der Waals surface area contributed by atoms with E-state index in [1.165, 1.54) is 0 Å². The molecule has 0 bridgehead atoms. The fourth-order valence-electron chi connectivity index (χ4n) is 2.26. The monoisotopic (exact) mass is 248 g/mol. The lowest BCUT2D eigenvalue weighted by molar-refractivity contribution is -0.148. The molecule has 1 fully saturated rings. The van der Waals surface area contributed by atoms with Crippen molar-refractivity contribution in [1.82, 2.24) is 5.32 Å². The summed E-state index contributed by atoms with van der Waals surface area (Å²) in [6, 6.07) is 7.75. The third kappa shape index (κ3) is 2.51. The van der Waals surface area contributed by atoms with E-state index < -0.39 is 17.8 Å². The quantitative estimate of drug-likeness (QED) is 0.677. The van der Waals surface area contributed by atoms with E-state index in [0.29, 0.717) is 19.5 Å². The number of aliphatic carboxylic acids is 1. The van der Waals surface area contributed by atoms with E-state index in [9.17, 15) is 9.59 Å². The third-order valence-electron chi connectivity index (χ3n) is 3.32. The van der Waals surface area contributed by atoms with Gasteiger partial charge in [-0.1, -0.05) is 24.3 Å². The number of nitrogens with one attached hydrogen (secondary N) is 1. The molecule has 0 aliphatic carbocycles. The number of nitrogens with two attached hydrogens (primary N) is 1. The number of hydrogen-bond donors (Lipinski definition) is 3. The summed E-state index contributed by atoms with van der Waals surface area (Å²) in [5.41, 5.74) is 7.62. The molecule has 1 aliphatic heterocycles. The van der Waals surface area contributed by atoms with Crippen molar-refractivity contribution in [1.29, 1.82) is 0 Å². The Bertz CT molecular complexity index is 473. The van der Waals surface area contributed by atoms with Gasteiger partial charge in [0, 0.05) is 19.0 Å². The van der Waals surface area contributed by atoms with Gasteiger partial charge in [0.15, 0.2) is 0 Å². The zero-order chi connectivity index (χ0) is 13.1. The van der Waals surface area contributed by atoms with Crippen LogP contribution in [0.3, 0.4) is 0 Å². The fourth-order valence-corrected chi connectivity index (χ4v) is 2.26. The molecular formula is C13H16N2O3. The smallest absolute Gasteiger partial charge is 0.316 e. The van der Waals surface area contributed by atoms with Gasteiger partial charge in [0.2, 0.25) is 5.91 Å². The maximum atomic E-state index is 11.4. The molecule has 1 aromatic carbocycles. The summed E-state index contributed by atoms with van der Waals surface area (Å²) >= 11 is 0. The molecule has 4 N–H and O–H groups in total. The number of amides is 1. The SMILES string of the molecule is NCc1cccc(C2CNC(=O)C(C(=O)O)C2)c1. The first-order valence-electron chi connectivity index (χ1n) is 5.91. The van der Waals surface area contributed by atoms with E-state index in [4.69, 9.17) is 10.8 Å². The third-order valence-corrected chi connectivity index (χ3v) is 3.32. The number of rotatable bonds is 3. The Morgan fingerprint density at radius 2 is 2.28 bits per heavy atom. The van der Waals surface area contributed by atoms with Crippen molar-refractivity contribution < 1.29 is 14.7 Å². The second kappa shape index (κ2) is 5.18. The van der Waals surface area contributed by atoms with Crippen LogP contribution in [0, 0.1) is 5.92 Å². The molecule has 18 heavy (non-hydrogen) atoms. The molecule has 2 unspecified atom stereocenters. The molecule has 0 radical (unpaired) electrons. The van der Waals surface area contributed by atoms with Gasteiger partial charge in [-0.3, -0.25) is 9.59 Å². The van der Waals surface area contributed by atoms with Gasteiger partial charge in [0.05, 0.1) is 0 Å². The van der Waals surface area contributed by atoms with Gasteiger partial charge in [0.25, 0.3) is 0 Å². The maximum absolute atomic E-state index is 11.4. The molecule has 96 valence electrons. The van der Waals surface area contributed by atoms with E-state index in [-0.39, 0.29) is 5.92 Å². The van der Waals surface area contributed by atoms with Crippen LogP contribution in [0.2, 0.25) is 0 Å². The molecular weight excluding hydrogens is 232 g/mol. The second-order valence-electron chi connectivity index (χ2n) is 4.52. The molecule has 5 heteroatoms. The Morgan fingerprint density at radius 1 is 1.50 bits per heavy atom. The number of benzene rings is 1. The molecule has 2 rings (SSSR count). The number of carboxylic acid groups (broad SMARTS) is 1. The summed E-state index contributed by atoms with van der Waals surface area (Å²) in [6.07, 6.45) is 0.342. The first-order chi connectivity index (χ1) is 8.61. The normalized spacial score (nSPS) is 23.5. The van der Waals surface area contributed by atoms with Crippen LogP contribution in [-0.2, 0) is 16.1 Å². The Labute approximate surface area is 105 Å². The molecule has 0 saturated carbocycles. The van der Waals surface area contributed by atoms with Crippen molar-refractivity contribution in [2.75, 3.05) is 6.54 Å². The van der Waals surface area contributed by atoms with Gasteiger partial charge in [-0.25, -0.2) is 0 Å². The van der Waals surface area contributed by atoms with Gasteiger partial charge in [-0.05, 0) is 17.5 Å². The van der Waals surface area contributed by atoms with Gasteiger partial charge >= 0.3 is 5.97 Å². The van der Waals surface area contributed by atoms with Crippen molar-refractivity contribution in [2.24, 2.45) is 11.7 Å². The number of hydrogen-bond acceptors (Lipinski definition) is 3. The van der Waals surface area contributed by atoms with Crippen LogP contribution in [-0.4, -0.2) is 23.5 Å². The average molecular weight is 248 g/mol. The van der Waals surface area contributed by atoms with E-state index in [2.05, 4.69) is 5.32 Å². The summed E-state index contributed by atoms with van der Waals surface area (Å²) < 4.78 is 0. The lowest BCUT2D eigenvalue weighted by atomic mass is 9.84. The minimum atomic E-state index is -1.06. The van der Waals surface area contributed by atoms with Gasteiger partial charge in [-0.15, -0.1) is 0 Å². The molecule has 0 aromatic heterocycles. The summed E-state index contributed by atoms with van der Waals surface area (Å²) in [4.78, 5) is 22.4. The largest absolute Gasteiger partial charge is 0.481 e. The first kappa shape index (κ1) is 12.6. The maximum Gasteiger partial charge on any atom is 0.316 e. The highest BCUT2D eigenvalue weighted by Gasteiger charge is 2.34. The second-order valence-corrected chi connectivity index (χ2v) is 4.52. The highest BCUT2D eigenvalue weighted by Crippen LogP contribution is 2.27. The Hall–Kier alpha value is -1.88. The predicted molar refractivity (Wildman–Crippen MR) is 65.8 cm³/mol. The van der Waals surface area contributed by atoms with E-state index in [1.807, 2.05) is 24.3 Å². The van der Waals surface area contributed by atoms with Gasteiger partial charge in [0.1, 0.15) is 5.92 Å². The summed E-state index contributed by atoms with van der Waals surface area (Å²) in [5.74, 6) is -2.37. The number of carbonyl (C=O) groups excluding carboxylic acids is 1. The molecule has 5 nitrogen and oxygen atoms in total. The van der Waals surface area contributed by atoms with E-state index in [1.54, 1.807) is 0 Å². The zero-order valence-corrected chi connectivity index (χ0v) is 9.93. The minimum Gasteiger partial charge on any atom is -0.481 e. The van der Waals surface area contributed by atoms with Crippen LogP contribution >= 0.6 is 0 Å². The zero-order valence-electron chi connectivity index (χ0n) is 9.93. The Morgan fingerprint density at radius 3 is 2.94 bits per heavy atom. The molecule has 1 saturated heterocycles. The fraction of sp³-hybridized carbons (Fsp3) is 0.385. The highest BCUT2D eigenvalue weighted by atomic mass is 16.4. The van der Waals surface area contributed by atoms with E-state index >= 15 is 0 Å². The highest BCUT2D eigenvalue weighted by molar-refractivity contribution is 5.97. The molecule has 1 heterocycles. The molecule has 1 aromatic rings. The van der Waals surface area contributed by atoms with E-state index in [0.717, 1.165) is 11.1 Å². The number of carboxylic acids is 1. The Balaban J connectivity index is 2.18. The van der Waals surface area contributed by atoms with Crippen LogP contribution in [0.5, 0.6) is 0 Å². The first-order valence-corrected chi connectivity index (χ1v) is 5.91. The summed E-state index contributed by atoms with van der Waals surface area (Å²) in [7, 11) is 0. The van der Waals surface area contributed by atoms with Crippen LogP contribution < -0.4 is 11.1 Å². The van der Waals surface area contributed by atoms with Crippen molar-refractivity contribution in [3.05, 3.63) is 35.4 Å². The Kier molecular flexibility index (Phi) is 3.62. The lowest BCUT2D eigenvalue weighted by Crippen LogP contribution is -2.43. The molecule has 1 amide bonds. The average Bonchev–Trinajstić information content (AvgIpc) is 2.39. The van der Waals surface area contributed by atoms with Gasteiger partial charge < -0.3 is 16.2 Å². The summed E-state index contributed by atoms with van der Waals surface area (Å²) in [6.45, 7) is 0.936. The van der Waals surface area contributed by atoms with Crippen molar-refractivity contribution in [2.45, 2.75) is 18.9 Å². The van der Waals surface area contributed by atoms with Crippen LogP contribution in [0.1, 0.15) is 23.5 Å². The predicted octanol–water partition coefficient (Wildman–Crippen LogP) is 0.450. The topological polar surface area (TPSA) is 92.4 Å². The van der Waals surface area contributed by atoms with Crippen LogP contribution in [0.25, 0.3) is 0 Å². The molecule has 1 aliphatic rings. The van der Waals surface area contributed by atoms with Crippen molar-refractivity contribution >= 4 is 11.9 Å². The minimum absolute atomic E-state index is 0.0373. The standard InChI is InChI=1S/C13H16N2O3/c14-6-8-2-1-3-9(4-8)10-5-11(13(17)18)12(16)15-7-10/h1-4,10-11H,5-7,14H2,(H,15,16)(H,17,18). The van der Waals surface area contributed by atoms with Gasteiger partial charge in [-0.2, -0.15) is 0 Å². The lowest BCUT2D eigenvalue weighted by Gasteiger charge is -2.27. The number of piperidine rings is 1. The van der Waals surface area contributed by atoms with Crippen LogP contribution in [0.4, 0.5) is 0 Å². The van der Waals surface area contributed by atoms with Crippen molar-refractivity contribution in [3.63, 3.8) is 0 Å². The number of carbonyl (C=O) groups is 2. The molecule has 0 spiro atoms. The summed E-state index contributed by atoms with van der Waals surface area (Å²) in [5, 5.41) is 11.6. The van der Waals surface area contributed by atoms with Crippen molar-refractivity contribution in [3.8, 4) is 0 Å². The van der Waals surface area contributed by atoms with Crippen LogP contribution in [0.15, 0.2) is 24.3 Å².